The highest BCUT2D eigenvalue weighted by atomic mass is 32.2. The van der Waals surface area contributed by atoms with Crippen molar-refractivity contribution in [1.29, 1.82) is 0 Å². The van der Waals surface area contributed by atoms with E-state index in [4.69, 9.17) is 5.73 Å². The molecule has 1 aliphatic carbocycles. The molecule has 1 atom stereocenters. The molecule has 2 heterocycles. The molecule has 0 saturated heterocycles. The number of anilines is 1. The Morgan fingerprint density at radius 1 is 1.36 bits per heavy atom. The number of carbonyl (C=O) groups excluding carboxylic acids is 1. The van der Waals surface area contributed by atoms with Crippen LogP contribution in [0.25, 0.3) is 0 Å². The van der Waals surface area contributed by atoms with Crippen LogP contribution in [0.5, 0.6) is 0 Å². The summed E-state index contributed by atoms with van der Waals surface area (Å²) < 4.78 is 0.713. The summed E-state index contributed by atoms with van der Waals surface area (Å²) in [6.07, 6.45) is 4.67. The lowest BCUT2D eigenvalue weighted by molar-refractivity contribution is -0.119. The summed E-state index contributed by atoms with van der Waals surface area (Å²) >= 11 is 4.37. The summed E-state index contributed by atoms with van der Waals surface area (Å²) in [4.78, 5) is 18.1. The predicted molar refractivity (Wildman–Crippen MR) is 90.4 cm³/mol. The van der Waals surface area contributed by atoms with Crippen LogP contribution in [0.4, 0.5) is 5.13 Å². The minimum absolute atomic E-state index is 0.0283. The fourth-order valence-electron chi connectivity index (χ4n) is 2.31. The number of aromatic nitrogens is 3. The van der Waals surface area contributed by atoms with Crippen molar-refractivity contribution in [3.05, 3.63) is 15.6 Å². The number of hydrogen-bond donors (Lipinski definition) is 2. The van der Waals surface area contributed by atoms with Gasteiger partial charge in [-0.05, 0) is 32.6 Å². The molecule has 0 fully saturated rings. The van der Waals surface area contributed by atoms with Crippen LogP contribution < -0.4 is 11.1 Å². The first-order valence-corrected chi connectivity index (χ1v) is 9.73. The molecule has 0 bridgehead atoms. The Hall–Kier alpha value is -1.19. The van der Waals surface area contributed by atoms with Gasteiger partial charge in [0.05, 0.1) is 17.5 Å². The number of thioether (sulfide) groups is 1. The van der Waals surface area contributed by atoms with Crippen molar-refractivity contribution in [3.8, 4) is 0 Å². The number of nitrogens with one attached hydrogen (secondary N) is 1. The molecule has 0 unspecified atom stereocenters. The molecule has 6 nitrogen and oxygen atoms in total. The maximum absolute atomic E-state index is 12.0. The van der Waals surface area contributed by atoms with Crippen LogP contribution in [0.1, 0.15) is 41.4 Å². The van der Waals surface area contributed by atoms with E-state index in [9.17, 15) is 4.79 Å². The highest BCUT2D eigenvalue weighted by Gasteiger charge is 2.19. The first kappa shape index (κ1) is 15.7. The molecule has 0 saturated carbocycles. The van der Waals surface area contributed by atoms with Crippen molar-refractivity contribution in [2.24, 2.45) is 0 Å². The number of amides is 1. The van der Waals surface area contributed by atoms with E-state index in [2.05, 4.69) is 20.5 Å². The molecule has 1 amide bonds. The van der Waals surface area contributed by atoms with Gasteiger partial charge in [0, 0.05) is 4.88 Å². The van der Waals surface area contributed by atoms with E-state index in [0.717, 1.165) is 17.8 Å². The second-order valence-electron chi connectivity index (χ2n) is 5.11. The average Bonchev–Trinajstić information content (AvgIpc) is 3.11. The van der Waals surface area contributed by atoms with Gasteiger partial charge in [-0.15, -0.1) is 21.5 Å². The summed E-state index contributed by atoms with van der Waals surface area (Å²) in [5, 5.41) is 12.0. The fraction of sp³-hybridized carbons (Fsp3) is 0.538. The first-order chi connectivity index (χ1) is 10.6. The highest BCUT2D eigenvalue weighted by molar-refractivity contribution is 8.01. The smallest absolute Gasteiger partial charge is 0.231 e. The van der Waals surface area contributed by atoms with E-state index in [1.165, 1.54) is 46.5 Å². The van der Waals surface area contributed by atoms with Gasteiger partial charge in [-0.3, -0.25) is 4.79 Å². The van der Waals surface area contributed by atoms with Crippen LogP contribution in [0, 0.1) is 0 Å². The van der Waals surface area contributed by atoms with Crippen molar-refractivity contribution in [1.82, 2.24) is 20.5 Å². The molecule has 9 heteroatoms. The van der Waals surface area contributed by atoms with E-state index in [0.29, 0.717) is 15.2 Å². The number of thiazole rings is 1. The lowest BCUT2D eigenvalue weighted by atomic mass is 10.0. The van der Waals surface area contributed by atoms with Crippen LogP contribution in [-0.4, -0.2) is 26.8 Å². The molecular formula is C13H17N5OS3. The zero-order chi connectivity index (χ0) is 15.5. The third-order valence-electron chi connectivity index (χ3n) is 3.36. The number of rotatable bonds is 5. The maximum atomic E-state index is 12.0. The van der Waals surface area contributed by atoms with E-state index in [1.807, 2.05) is 6.92 Å². The minimum atomic E-state index is -0.0526. The Morgan fingerprint density at radius 2 is 2.18 bits per heavy atom. The summed E-state index contributed by atoms with van der Waals surface area (Å²) in [6, 6.07) is -0.0526. The zero-order valence-corrected chi connectivity index (χ0v) is 14.6. The van der Waals surface area contributed by atoms with Crippen molar-refractivity contribution in [2.45, 2.75) is 43.0 Å². The molecule has 0 spiro atoms. The summed E-state index contributed by atoms with van der Waals surface area (Å²) in [5.74, 6) is 0.281. The number of hydrogen-bond acceptors (Lipinski definition) is 8. The second-order valence-corrected chi connectivity index (χ2v) is 8.46. The van der Waals surface area contributed by atoms with Gasteiger partial charge >= 0.3 is 0 Å². The number of nitrogen functional groups attached to an aromatic ring is 1. The monoisotopic (exact) mass is 355 g/mol. The molecular weight excluding hydrogens is 338 g/mol. The van der Waals surface area contributed by atoms with Crippen molar-refractivity contribution in [3.63, 3.8) is 0 Å². The van der Waals surface area contributed by atoms with Crippen LogP contribution >= 0.6 is 34.4 Å². The normalized spacial score (nSPS) is 15.3. The molecule has 0 aromatic carbocycles. The minimum Gasteiger partial charge on any atom is -0.374 e. The van der Waals surface area contributed by atoms with Crippen LogP contribution in [0.2, 0.25) is 0 Å². The van der Waals surface area contributed by atoms with Gasteiger partial charge in [0.25, 0.3) is 0 Å². The molecule has 1 aliphatic rings. The highest BCUT2D eigenvalue weighted by Crippen LogP contribution is 2.30. The number of nitrogens with two attached hydrogens (primary N) is 1. The quantitative estimate of drug-likeness (QED) is 0.800. The van der Waals surface area contributed by atoms with Crippen LogP contribution in [-0.2, 0) is 17.6 Å². The van der Waals surface area contributed by atoms with Gasteiger partial charge < -0.3 is 11.1 Å². The van der Waals surface area contributed by atoms with Crippen molar-refractivity contribution >= 4 is 45.5 Å². The summed E-state index contributed by atoms with van der Waals surface area (Å²) in [5.41, 5.74) is 6.74. The van der Waals surface area contributed by atoms with Gasteiger partial charge in [0.1, 0.15) is 5.01 Å². The predicted octanol–water partition coefficient (Wildman–Crippen LogP) is 2.43. The standard InChI is InChI=1S/C13H17N5OS3/c1-7(11-16-8-4-2-3-5-9(8)21-11)15-10(19)6-20-13-18-17-12(14)22-13/h7H,2-6H2,1H3,(H2,14,17)(H,15,19)/t7-/m0/s1. The lowest BCUT2D eigenvalue weighted by Crippen LogP contribution is -2.28. The van der Waals surface area contributed by atoms with Crippen molar-refractivity contribution < 1.29 is 4.79 Å². The lowest BCUT2D eigenvalue weighted by Gasteiger charge is -2.10. The third kappa shape index (κ3) is 3.76. The Kier molecular flexibility index (Phi) is 4.94. The van der Waals surface area contributed by atoms with Gasteiger partial charge in [0.15, 0.2) is 4.34 Å². The molecule has 118 valence electrons. The molecule has 22 heavy (non-hydrogen) atoms. The Labute approximate surface area is 140 Å². The van der Waals surface area contributed by atoms with Crippen LogP contribution in [0.3, 0.4) is 0 Å². The number of fused-ring (bicyclic) bond motifs is 1. The average molecular weight is 356 g/mol. The van der Waals surface area contributed by atoms with Crippen molar-refractivity contribution in [2.75, 3.05) is 11.5 Å². The number of nitrogens with zero attached hydrogens (tertiary/aromatic N) is 3. The summed E-state index contributed by atoms with van der Waals surface area (Å²) in [6.45, 7) is 1.98. The Morgan fingerprint density at radius 3 is 2.91 bits per heavy atom. The molecule has 3 N–H and O–H groups in total. The topological polar surface area (TPSA) is 93.8 Å². The van der Waals surface area contributed by atoms with E-state index < -0.39 is 0 Å². The zero-order valence-electron chi connectivity index (χ0n) is 12.2. The van der Waals surface area contributed by atoms with Gasteiger partial charge in [-0.1, -0.05) is 23.1 Å². The Bertz CT molecular complexity index is 645. The Balaban J connectivity index is 1.53. The molecule has 0 radical (unpaired) electrons. The van der Waals surface area contributed by atoms with E-state index >= 15 is 0 Å². The maximum Gasteiger partial charge on any atom is 0.231 e. The largest absolute Gasteiger partial charge is 0.374 e. The molecule has 2 aromatic heterocycles. The molecule has 3 rings (SSSR count). The van der Waals surface area contributed by atoms with Gasteiger partial charge in [-0.25, -0.2) is 4.98 Å². The van der Waals surface area contributed by atoms with E-state index in [-0.39, 0.29) is 11.9 Å². The fourth-order valence-corrected chi connectivity index (χ4v) is 4.91. The second kappa shape index (κ2) is 6.93. The first-order valence-electron chi connectivity index (χ1n) is 7.11. The summed E-state index contributed by atoms with van der Waals surface area (Å²) in [7, 11) is 0. The number of aryl methyl sites for hydroxylation is 2. The molecule has 0 aliphatic heterocycles. The number of carbonyl (C=O) groups is 1. The van der Waals surface area contributed by atoms with Crippen LogP contribution in [0.15, 0.2) is 4.34 Å². The molecule has 2 aromatic rings. The van der Waals surface area contributed by atoms with E-state index in [1.54, 1.807) is 11.3 Å². The third-order valence-corrected chi connectivity index (χ3v) is 6.58. The van der Waals surface area contributed by atoms with Gasteiger partial charge in [-0.2, -0.15) is 0 Å². The SMILES string of the molecule is C[C@H](NC(=O)CSc1nnc(N)s1)c1nc2c(s1)CCCC2. The van der Waals surface area contributed by atoms with Gasteiger partial charge in [0.2, 0.25) is 11.0 Å².